The molecule has 0 saturated heterocycles. The molecule has 0 heterocycles. The Labute approximate surface area is 365 Å². The second-order valence-electron chi connectivity index (χ2n) is 18.7. The number of benzene rings is 12. The first-order valence-electron chi connectivity index (χ1n) is 22.3. The van der Waals surface area contributed by atoms with Crippen LogP contribution in [0.15, 0.2) is 194 Å². The lowest BCUT2D eigenvalue weighted by Crippen LogP contribution is -2.15. The molecule has 3 aliphatic carbocycles. The highest BCUT2D eigenvalue weighted by Gasteiger charge is 2.36. The summed E-state index contributed by atoms with van der Waals surface area (Å²) in [5.41, 5.74) is 21.1. The molecule has 0 unspecified atom stereocenters. The van der Waals surface area contributed by atoms with E-state index in [1.807, 2.05) is 0 Å². The summed E-state index contributed by atoms with van der Waals surface area (Å²) in [5, 5.41) is 15.9. The Morgan fingerprint density at radius 2 is 0.556 bits per heavy atom. The highest BCUT2D eigenvalue weighted by atomic mass is 14.4. The topological polar surface area (TPSA) is 0 Å². The van der Waals surface area contributed by atoms with Gasteiger partial charge >= 0.3 is 0 Å². The maximum atomic E-state index is 2.50. The molecule has 0 atom stereocenters. The van der Waals surface area contributed by atoms with E-state index in [9.17, 15) is 0 Å². The molecular weight excluding hydrogens is 757 g/mol. The Balaban J connectivity index is 0.901. The molecule has 0 amide bonds. The molecule has 0 heteroatoms. The Hall–Kier alpha value is -7.80. The summed E-state index contributed by atoms with van der Waals surface area (Å²) in [6.07, 6.45) is 0. The molecule has 12 aromatic carbocycles. The average molecular weight is 795 g/mol. The van der Waals surface area contributed by atoms with Crippen molar-refractivity contribution in [2.75, 3.05) is 0 Å². The zero-order valence-corrected chi connectivity index (χ0v) is 35.0. The lowest BCUT2D eigenvalue weighted by molar-refractivity contribution is 0.661. The van der Waals surface area contributed by atoms with Crippen LogP contribution in [0.4, 0.5) is 0 Å². The van der Waals surface area contributed by atoms with Crippen molar-refractivity contribution in [1.29, 1.82) is 0 Å². The summed E-state index contributed by atoms with van der Waals surface area (Å²) in [5.74, 6) is 0. The van der Waals surface area contributed by atoms with Gasteiger partial charge in [0.05, 0.1) is 0 Å². The predicted molar refractivity (Wildman–Crippen MR) is 269 cm³/mol. The Kier molecular flexibility index (Phi) is 6.32. The van der Waals surface area contributed by atoms with Crippen LogP contribution in [0.25, 0.3) is 143 Å². The van der Waals surface area contributed by atoms with Crippen molar-refractivity contribution >= 4 is 64.6 Å². The van der Waals surface area contributed by atoms with E-state index in [1.165, 1.54) is 154 Å². The summed E-state index contributed by atoms with van der Waals surface area (Å²) < 4.78 is 0. The van der Waals surface area contributed by atoms with Gasteiger partial charge < -0.3 is 0 Å². The van der Waals surface area contributed by atoms with Crippen molar-refractivity contribution in [3.05, 3.63) is 205 Å². The van der Waals surface area contributed by atoms with Gasteiger partial charge in [-0.15, -0.1) is 0 Å². The molecule has 0 nitrogen and oxygen atoms in total. The van der Waals surface area contributed by atoms with Crippen LogP contribution in [0, 0.1) is 0 Å². The highest BCUT2D eigenvalue weighted by Crippen LogP contribution is 2.55. The lowest BCUT2D eigenvalue weighted by atomic mass is 9.80. The fourth-order valence-electron chi connectivity index (χ4n) is 12.4. The van der Waals surface area contributed by atoms with Gasteiger partial charge in [0.2, 0.25) is 0 Å². The van der Waals surface area contributed by atoms with Gasteiger partial charge in [0.15, 0.2) is 0 Å². The standard InChI is InChI=1S/C63H38/c1-63(2)59-29-35(51-31-55-49-23-11-21-47-37-13-3-9-19-43(37)57(61(47)49)33-53(55)41-17-7-5-15-39(41)51)25-27-45(59)46-28-26-36(30-60(46)63)52-32-56-50-24-12-22-48-38-14-4-10-20-44(38)58(62(48)50)34-54(56)42-18-8-6-16-40(42)52/h3-34H,1-2H3. The summed E-state index contributed by atoms with van der Waals surface area (Å²) in [7, 11) is 0. The van der Waals surface area contributed by atoms with Gasteiger partial charge in [-0.25, -0.2) is 0 Å². The maximum absolute atomic E-state index is 2.50. The Bertz CT molecular complexity index is 3830. The van der Waals surface area contributed by atoms with Crippen LogP contribution in [-0.2, 0) is 5.41 Å². The van der Waals surface area contributed by atoms with Gasteiger partial charge in [-0.3, -0.25) is 0 Å². The number of hydrogen-bond acceptors (Lipinski definition) is 0. The minimum atomic E-state index is -0.196. The van der Waals surface area contributed by atoms with Gasteiger partial charge in [-0.1, -0.05) is 172 Å². The van der Waals surface area contributed by atoms with E-state index in [4.69, 9.17) is 0 Å². The second-order valence-corrected chi connectivity index (χ2v) is 18.7. The molecule has 290 valence electrons. The van der Waals surface area contributed by atoms with Gasteiger partial charge in [-0.05, 0) is 190 Å². The minimum Gasteiger partial charge on any atom is -0.0616 e. The molecule has 0 bridgehead atoms. The second kappa shape index (κ2) is 11.8. The van der Waals surface area contributed by atoms with Crippen molar-refractivity contribution in [3.8, 4) is 77.9 Å². The number of fused-ring (bicyclic) bond motifs is 17. The summed E-state index contributed by atoms with van der Waals surface area (Å²) in [6.45, 7) is 4.85. The molecule has 15 rings (SSSR count). The van der Waals surface area contributed by atoms with Crippen molar-refractivity contribution in [2.45, 2.75) is 19.3 Å². The normalized spacial score (nSPS) is 13.7. The van der Waals surface area contributed by atoms with E-state index in [2.05, 4.69) is 208 Å². The molecule has 12 aromatic rings. The van der Waals surface area contributed by atoms with Gasteiger partial charge in [0.1, 0.15) is 0 Å². The summed E-state index contributed by atoms with van der Waals surface area (Å²) >= 11 is 0. The van der Waals surface area contributed by atoms with E-state index in [0.717, 1.165) is 0 Å². The van der Waals surface area contributed by atoms with Gasteiger partial charge in [-0.2, -0.15) is 0 Å². The molecule has 3 aliphatic rings. The lowest BCUT2D eigenvalue weighted by Gasteiger charge is -2.23. The van der Waals surface area contributed by atoms with Crippen LogP contribution >= 0.6 is 0 Å². The Morgan fingerprint density at radius 1 is 0.222 bits per heavy atom. The molecule has 0 N–H and O–H groups in total. The number of hydrogen-bond donors (Lipinski definition) is 0. The van der Waals surface area contributed by atoms with Crippen molar-refractivity contribution in [2.24, 2.45) is 0 Å². The first-order valence-corrected chi connectivity index (χ1v) is 22.3. The van der Waals surface area contributed by atoms with Crippen molar-refractivity contribution in [3.63, 3.8) is 0 Å². The van der Waals surface area contributed by atoms with Crippen LogP contribution in [0.2, 0.25) is 0 Å². The minimum absolute atomic E-state index is 0.196. The van der Waals surface area contributed by atoms with Crippen molar-refractivity contribution < 1.29 is 0 Å². The molecule has 0 fully saturated rings. The molecule has 0 spiro atoms. The van der Waals surface area contributed by atoms with Crippen LogP contribution in [0.5, 0.6) is 0 Å². The van der Waals surface area contributed by atoms with E-state index >= 15 is 0 Å². The quantitative estimate of drug-likeness (QED) is 0.153. The van der Waals surface area contributed by atoms with E-state index in [-0.39, 0.29) is 5.41 Å². The number of rotatable bonds is 2. The molecular formula is C63H38. The van der Waals surface area contributed by atoms with E-state index < -0.39 is 0 Å². The van der Waals surface area contributed by atoms with Crippen LogP contribution < -0.4 is 0 Å². The van der Waals surface area contributed by atoms with Crippen molar-refractivity contribution in [1.82, 2.24) is 0 Å². The molecule has 0 saturated carbocycles. The predicted octanol–water partition coefficient (Wildman–Crippen LogP) is 17.5. The molecule has 0 aliphatic heterocycles. The molecule has 0 radical (unpaired) electrons. The fraction of sp³-hybridized carbons (Fsp3) is 0.0476. The van der Waals surface area contributed by atoms with Crippen LogP contribution in [-0.4, -0.2) is 0 Å². The van der Waals surface area contributed by atoms with Gasteiger partial charge in [0.25, 0.3) is 0 Å². The van der Waals surface area contributed by atoms with Gasteiger partial charge in [0, 0.05) is 5.41 Å². The van der Waals surface area contributed by atoms with Crippen LogP contribution in [0.3, 0.4) is 0 Å². The highest BCUT2D eigenvalue weighted by molar-refractivity contribution is 6.30. The first-order chi connectivity index (χ1) is 31.0. The fourth-order valence-corrected chi connectivity index (χ4v) is 12.4. The van der Waals surface area contributed by atoms with E-state index in [0.29, 0.717) is 0 Å². The van der Waals surface area contributed by atoms with Crippen LogP contribution in [0.1, 0.15) is 25.0 Å². The Morgan fingerprint density at radius 3 is 1.00 bits per heavy atom. The third-order valence-corrected chi connectivity index (χ3v) is 15.3. The summed E-state index contributed by atoms with van der Waals surface area (Å²) in [6, 6.07) is 74.1. The average Bonchev–Trinajstić information content (AvgIpc) is 3.92. The largest absolute Gasteiger partial charge is 0.0616 e. The maximum Gasteiger partial charge on any atom is 0.0159 e. The SMILES string of the molecule is CC1(C)c2cc(-c3cc4c5cccc6c5c(cc4c4ccccc34)-c3ccccc3-6)ccc2-c2ccc(-c3cc4c5cccc6c5c(cc4c4ccccc34)-c3ccccc3-6)cc21. The third kappa shape index (κ3) is 4.26. The summed E-state index contributed by atoms with van der Waals surface area (Å²) in [4.78, 5) is 0. The zero-order chi connectivity index (χ0) is 41.3. The first kappa shape index (κ1) is 33.9. The smallest absolute Gasteiger partial charge is 0.0159 e. The van der Waals surface area contributed by atoms with E-state index in [1.54, 1.807) is 0 Å². The zero-order valence-electron chi connectivity index (χ0n) is 35.0. The molecule has 63 heavy (non-hydrogen) atoms. The third-order valence-electron chi connectivity index (χ3n) is 15.3. The molecule has 0 aromatic heterocycles. The monoisotopic (exact) mass is 794 g/mol.